The Hall–Kier alpha value is -4.15. The molecule has 4 rings (SSSR count). The van der Waals surface area contributed by atoms with Gasteiger partial charge in [0.25, 0.3) is 0 Å². The second-order valence-corrected chi connectivity index (χ2v) is 8.87. The fourth-order valence-corrected chi connectivity index (χ4v) is 4.36. The maximum atomic E-state index is 12.6. The first kappa shape index (κ1) is 25.9. The first-order valence-corrected chi connectivity index (χ1v) is 12.3. The van der Waals surface area contributed by atoms with Crippen molar-refractivity contribution >= 4 is 17.6 Å². The van der Waals surface area contributed by atoms with Gasteiger partial charge in [-0.15, -0.1) is 0 Å². The maximum absolute atomic E-state index is 12.6. The van der Waals surface area contributed by atoms with E-state index in [1.807, 2.05) is 18.2 Å². The van der Waals surface area contributed by atoms with Crippen molar-refractivity contribution in [3.05, 3.63) is 93.8 Å². The van der Waals surface area contributed by atoms with Gasteiger partial charge in [-0.25, -0.2) is 4.79 Å². The lowest BCUT2D eigenvalue weighted by atomic mass is 9.83. The largest absolute Gasteiger partial charge is 0.493 e. The molecule has 0 aromatic heterocycles. The van der Waals surface area contributed by atoms with Gasteiger partial charge < -0.3 is 24.7 Å². The van der Waals surface area contributed by atoms with Crippen molar-refractivity contribution in [1.82, 2.24) is 0 Å². The van der Waals surface area contributed by atoms with E-state index < -0.39 is 11.9 Å². The van der Waals surface area contributed by atoms with Crippen LogP contribution in [0, 0.1) is 11.3 Å². The third kappa shape index (κ3) is 5.65. The van der Waals surface area contributed by atoms with Gasteiger partial charge in [0.15, 0.2) is 11.5 Å². The minimum absolute atomic E-state index is 0.0200. The van der Waals surface area contributed by atoms with Crippen LogP contribution in [0.2, 0.25) is 5.02 Å². The highest BCUT2D eigenvalue weighted by Gasteiger charge is 2.32. The van der Waals surface area contributed by atoms with Crippen LogP contribution in [0.15, 0.2) is 72.1 Å². The molecule has 0 aliphatic carbocycles. The number of nitrogens with two attached hydrogens (primary N) is 1. The predicted molar refractivity (Wildman–Crippen MR) is 140 cm³/mol. The molecule has 7 nitrogen and oxygen atoms in total. The number of hydrogen-bond acceptors (Lipinski definition) is 7. The SMILES string of the molecule is CCCCCOc1ccc(C2C(C#N)=C(N)Oc3cc(OC(=O)c4ccccc4Cl)ccc32)cc1OC. The van der Waals surface area contributed by atoms with Gasteiger partial charge >= 0.3 is 5.97 Å². The molecule has 0 saturated carbocycles. The highest BCUT2D eigenvalue weighted by Crippen LogP contribution is 2.45. The number of nitrogens with zero attached hydrogens (tertiary/aromatic N) is 1. The lowest BCUT2D eigenvalue weighted by molar-refractivity contribution is 0.0734. The number of esters is 1. The number of methoxy groups -OCH3 is 1. The number of carbonyl (C=O) groups is 1. The molecule has 190 valence electrons. The van der Waals surface area contributed by atoms with Crippen molar-refractivity contribution in [3.8, 4) is 29.1 Å². The van der Waals surface area contributed by atoms with Gasteiger partial charge in [-0.05, 0) is 42.3 Å². The number of unbranched alkanes of at least 4 members (excludes halogenated alkanes) is 2. The Morgan fingerprint density at radius 2 is 1.92 bits per heavy atom. The first-order valence-electron chi connectivity index (χ1n) is 12.0. The van der Waals surface area contributed by atoms with E-state index in [0.29, 0.717) is 34.4 Å². The van der Waals surface area contributed by atoms with Crippen molar-refractivity contribution in [2.24, 2.45) is 5.73 Å². The van der Waals surface area contributed by atoms with Gasteiger partial charge in [0.05, 0.1) is 30.2 Å². The highest BCUT2D eigenvalue weighted by atomic mass is 35.5. The molecule has 0 bridgehead atoms. The summed E-state index contributed by atoms with van der Waals surface area (Å²) in [5, 5.41) is 10.2. The van der Waals surface area contributed by atoms with Gasteiger partial charge in [0.1, 0.15) is 23.1 Å². The average Bonchev–Trinajstić information content (AvgIpc) is 2.90. The number of carbonyl (C=O) groups excluding carboxylic acids is 1. The fourth-order valence-electron chi connectivity index (χ4n) is 4.15. The van der Waals surface area contributed by atoms with Gasteiger partial charge in [0, 0.05) is 11.6 Å². The number of ether oxygens (including phenoxy) is 4. The molecule has 0 amide bonds. The number of fused-ring (bicyclic) bond motifs is 1. The van der Waals surface area contributed by atoms with E-state index in [1.165, 1.54) is 0 Å². The molecule has 2 N–H and O–H groups in total. The molecule has 0 spiro atoms. The summed E-state index contributed by atoms with van der Waals surface area (Å²) in [4.78, 5) is 12.6. The molecule has 3 aromatic carbocycles. The Balaban J connectivity index is 1.65. The number of rotatable bonds is 9. The quantitative estimate of drug-likeness (QED) is 0.200. The molecule has 0 fully saturated rings. The number of halogens is 1. The number of hydrogen-bond donors (Lipinski definition) is 1. The van der Waals surface area contributed by atoms with Crippen molar-refractivity contribution in [2.45, 2.75) is 32.1 Å². The van der Waals surface area contributed by atoms with E-state index in [4.69, 9.17) is 36.3 Å². The highest BCUT2D eigenvalue weighted by molar-refractivity contribution is 6.33. The van der Waals surface area contributed by atoms with E-state index in [2.05, 4.69) is 13.0 Å². The normalized spacial score (nSPS) is 14.3. The second kappa shape index (κ2) is 11.7. The summed E-state index contributed by atoms with van der Waals surface area (Å²) in [6.45, 7) is 2.73. The van der Waals surface area contributed by atoms with Crippen molar-refractivity contribution in [3.63, 3.8) is 0 Å². The number of allylic oxidation sites excluding steroid dienone is 1. The molecular formula is C29H27ClN2O5. The van der Waals surface area contributed by atoms with Crippen LogP contribution in [-0.2, 0) is 0 Å². The monoisotopic (exact) mass is 518 g/mol. The second-order valence-electron chi connectivity index (χ2n) is 8.46. The molecule has 0 radical (unpaired) electrons. The van der Waals surface area contributed by atoms with E-state index >= 15 is 0 Å². The molecule has 1 aliphatic rings. The molecule has 8 heteroatoms. The van der Waals surface area contributed by atoms with Crippen molar-refractivity contribution < 1.29 is 23.7 Å². The lowest BCUT2D eigenvalue weighted by Crippen LogP contribution is -2.21. The van der Waals surface area contributed by atoms with Crippen LogP contribution in [0.5, 0.6) is 23.0 Å². The van der Waals surface area contributed by atoms with E-state index in [9.17, 15) is 10.1 Å². The summed E-state index contributed by atoms with van der Waals surface area (Å²) in [7, 11) is 1.57. The average molecular weight is 519 g/mol. The van der Waals surface area contributed by atoms with Crippen molar-refractivity contribution in [1.29, 1.82) is 5.26 Å². The summed E-state index contributed by atoms with van der Waals surface area (Å²) in [5.41, 5.74) is 8.14. The molecule has 0 saturated heterocycles. The molecule has 1 unspecified atom stereocenters. The fraction of sp³-hybridized carbons (Fsp3) is 0.241. The van der Waals surface area contributed by atoms with Crippen LogP contribution in [0.1, 0.15) is 53.6 Å². The van der Waals surface area contributed by atoms with Crippen LogP contribution in [-0.4, -0.2) is 19.7 Å². The number of nitriles is 1. The third-order valence-electron chi connectivity index (χ3n) is 6.02. The minimum atomic E-state index is -0.599. The summed E-state index contributed by atoms with van der Waals surface area (Å²) < 4.78 is 22.8. The van der Waals surface area contributed by atoms with Crippen LogP contribution < -0.4 is 24.7 Å². The minimum Gasteiger partial charge on any atom is -0.493 e. The third-order valence-corrected chi connectivity index (χ3v) is 6.35. The van der Waals surface area contributed by atoms with Crippen LogP contribution in [0.3, 0.4) is 0 Å². The van der Waals surface area contributed by atoms with Gasteiger partial charge in [-0.2, -0.15) is 5.26 Å². The van der Waals surface area contributed by atoms with Gasteiger partial charge in [0.2, 0.25) is 5.88 Å². The predicted octanol–water partition coefficient (Wildman–Crippen LogP) is 6.35. The van der Waals surface area contributed by atoms with Crippen LogP contribution >= 0.6 is 11.6 Å². The zero-order chi connectivity index (χ0) is 26.4. The molecule has 3 aromatic rings. The Kier molecular flexibility index (Phi) is 8.22. The Morgan fingerprint density at radius 1 is 1.11 bits per heavy atom. The summed E-state index contributed by atoms with van der Waals surface area (Å²) in [6, 6.07) is 19.3. The molecule has 1 heterocycles. The lowest BCUT2D eigenvalue weighted by Gasteiger charge is -2.27. The van der Waals surface area contributed by atoms with Crippen LogP contribution in [0.4, 0.5) is 0 Å². The topological polar surface area (TPSA) is 104 Å². The zero-order valence-electron chi connectivity index (χ0n) is 20.6. The standard InChI is InChI=1S/C29H27ClN2O5/c1-3-4-7-14-35-24-13-10-18(15-26(24)34-2)27-21-12-11-19(16-25(21)37-28(32)22(27)17-31)36-29(33)20-8-5-6-9-23(20)30/h5-6,8-13,15-16,27H,3-4,7,14,32H2,1-2H3. The van der Waals surface area contributed by atoms with E-state index in [-0.39, 0.29) is 22.8 Å². The summed E-state index contributed by atoms with van der Waals surface area (Å²) in [5.74, 6) is 0.695. The molecule has 1 aliphatic heterocycles. The molecular weight excluding hydrogens is 492 g/mol. The Labute approximate surface area is 221 Å². The smallest absolute Gasteiger partial charge is 0.345 e. The van der Waals surface area contributed by atoms with Gasteiger partial charge in [-0.3, -0.25) is 0 Å². The Morgan fingerprint density at radius 3 is 2.65 bits per heavy atom. The molecule has 37 heavy (non-hydrogen) atoms. The zero-order valence-corrected chi connectivity index (χ0v) is 21.4. The van der Waals surface area contributed by atoms with E-state index in [1.54, 1.807) is 49.6 Å². The summed E-state index contributed by atoms with van der Waals surface area (Å²) >= 11 is 6.12. The summed E-state index contributed by atoms with van der Waals surface area (Å²) in [6.07, 6.45) is 3.15. The number of benzene rings is 3. The first-order chi connectivity index (χ1) is 18.0. The maximum Gasteiger partial charge on any atom is 0.345 e. The van der Waals surface area contributed by atoms with Gasteiger partial charge in [-0.1, -0.05) is 55.6 Å². The van der Waals surface area contributed by atoms with Crippen LogP contribution in [0.25, 0.3) is 0 Å². The Bertz CT molecular complexity index is 1380. The van der Waals surface area contributed by atoms with E-state index in [0.717, 1.165) is 24.8 Å². The van der Waals surface area contributed by atoms with Crippen molar-refractivity contribution in [2.75, 3.05) is 13.7 Å². The molecule has 1 atom stereocenters.